The number of ether oxygens (including phenoxy) is 2. The molecule has 0 bridgehead atoms. The lowest BCUT2D eigenvalue weighted by Gasteiger charge is -2.26. The molecule has 38 heavy (non-hydrogen) atoms. The standard InChI is InChI=1S/C27H22IN3O7/c1-3-37-23-14-18(13-22(28)24(23)38-15-17-6-4-16(2)5-7-17)12-21-25(32)29-27(34)30(26(21)33)19-8-10-20(11-9-19)31(35)36/h4-14H,3,15H2,1-2H3,(H,29,32,34)/b21-12+. The average Bonchev–Trinajstić information content (AvgIpc) is 2.87. The largest absolute Gasteiger partial charge is 0.490 e. The summed E-state index contributed by atoms with van der Waals surface area (Å²) in [4.78, 5) is 49.3. The molecule has 0 saturated carbocycles. The number of hydrogen-bond donors (Lipinski definition) is 1. The van der Waals surface area contributed by atoms with Crippen LogP contribution in [0.15, 0.2) is 66.2 Å². The second kappa shape index (κ2) is 11.4. The van der Waals surface area contributed by atoms with Crippen molar-refractivity contribution in [3.63, 3.8) is 0 Å². The number of barbiturate groups is 1. The highest BCUT2D eigenvalue weighted by Gasteiger charge is 2.37. The molecule has 0 aromatic heterocycles. The number of halogens is 1. The Hall–Kier alpha value is -4.26. The van der Waals surface area contributed by atoms with Crippen LogP contribution in [0.3, 0.4) is 0 Å². The lowest BCUT2D eigenvalue weighted by molar-refractivity contribution is -0.384. The molecule has 1 saturated heterocycles. The molecule has 1 aliphatic rings. The second-order valence-corrected chi connectivity index (χ2v) is 9.43. The van der Waals surface area contributed by atoms with Gasteiger partial charge in [0.2, 0.25) is 0 Å². The summed E-state index contributed by atoms with van der Waals surface area (Å²) < 4.78 is 12.5. The Bertz CT molecular complexity index is 1450. The van der Waals surface area contributed by atoms with Gasteiger partial charge in [-0.05, 0) is 77.9 Å². The first-order valence-electron chi connectivity index (χ1n) is 11.5. The number of carbonyl (C=O) groups is 3. The zero-order valence-electron chi connectivity index (χ0n) is 20.4. The van der Waals surface area contributed by atoms with Gasteiger partial charge in [0.25, 0.3) is 17.5 Å². The van der Waals surface area contributed by atoms with Crippen molar-refractivity contribution in [2.75, 3.05) is 11.5 Å². The molecule has 1 aliphatic heterocycles. The zero-order chi connectivity index (χ0) is 27.4. The van der Waals surface area contributed by atoms with Crippen molar-refractivity contribution >= 4 is 57.9 Å². The quantitative estimate of drug-likeness (QED) is 0.120. The van der Waals surface area contributed by atoms with E-state index in [-0.39, 0.29) is 16.9 Å². The summed E-state index contributed by atoms with van der Waals surface area (Å²) in [5, 5.41) is 13.1. The number of rotatable bonds is 8. The number of benzene rings is 3. The van der Waals surface area contributed by atoms with Crippen LogP contribution in [0, 0.1) is 20.6 Å². The van der Waals surface area contributed by atoms with Crippen molar-refractivity contribution in [1.29, 1.82) is 0 Å². The second-order valence-electron chi connectivity index (χ2n) is 8.27. The lowest BCUT2D eigenvalue weighted by atomic mass is 10.1. The highest BCUT2D eigenvalue weighted by Crippen LogP contribution is 2.36. The summed E-state index contributed by atoms with van der Waals surface area (Å²) in [6, 6.07) is 15.2. The lowest BCUT2D eigenvalue weighted by Crippen LogP contribution is -2.54. The minimum atomic E-state index is -0.949. The van der Waals surface area contributed by atoms with Crippen LogP contribution in [-0.2, 0) is 16.2 Å². The number of urea groups is 1. The summed E-state index contributed by atoms with van der Waals surface area (Å²) in [6.45, 7) is 4.52. The Labute approximate surface area is 231 Å². The van der Waals surface area contributed by atoms with Gasteiger partial charge in [-0.2, -0.15) is 0 Å². The molecule has 1 heterocycles. The predicted octanol–water partition coefficient (Wildman–Crippen LogP) is 5.15. The third kappa shape index (κ3) is 5.83. The molecule has 0 atom stereocenters. The van der Waals surface area contributed by atoms with Gasteiger partial charge in [0.1, 0.15) is 12.2 Å². The minimum Gasteiger partial charge on any atom is -0.490 e. The number of aryl methyl sites for hydroxylation is 1. The van der Waals surface area contributed by atoms with E-state index in [1.54, 1.807) is 12.1 Å². The number of non-ortho nitro benzene ring substituents is 1. The number of carbonyl (C=O) groups excluding carboxylic acids is 3. The summed E-state index contributed by atoms with van der Waals surface area (Å²) in [5.41, 5.74) is 2.21. The molecule has 3 aromatic rings. The third-order valence-electron chi connectivity index (χ3n) is 5.57. The van der Waals surface area contributed by atoms with Crippen LogP contribution in [0.1, 0.15) is 23.6 Å². The third-order valence-corrected chi connectivity index (χ3v) is 6.37. The van der Waals surface area contributed by atoms with Crippen molar-refractivity contribution in [2.24, 2.45) is 0 Å². The van der Waals surface area contributed by atoms with Gasteiger partial charge in [0, 0.05) is 12.1 Å². The number of nitrogens with zero attached hydrogens (tertiary/aromatic N) is 2. The van der Waals surface area contributed by atoms with Crippen LogP contribution in [0.25, 0.3) is 6.08 Å². The Morgan fingerprint density at radius 2 is 1.71 bits per heavy atom. The first-order chi connectivity index (χ1) is 18.2. The number of imide groups is 2. The molecular formula is C27H22IN3O7. The van der Waals surface area contributed by atoms with E-state index in [4.69, 9.17) is 9.47 Å². The van der Waals surface area contributed by atoms with Crippen LogP contribution < -0.4 is 19.7 Å². The molecule has 0 aliphatic carbocycles. The van der Waals surface area contributed by atoms with Crippen molar-refractivity contribution in [3.05, 3.63) is 96.6 Å². The number of amides is 4. The van der Waals surface area contributed by atoms with E-state index in [1.807, 2.05) is 38.1 Å². The number of nitro benzene ring substituents is 1. The van der Waals surface area contributed by atoms with Gasteiger partial charge in [0.05, 0.1) is 20.8 Å². The first-order valence-corrected chi connectivity index (χ1v) is 12.6. The Balaban J connectivity index is 1.64. The van der Waals surface area contributed by atoms with Crippen LogP contribution in [-0.4, -0.2) is 29.4 Å². The maximum Gasteiger partial charge on any atom is 0.335 e. The Morgan fingerprint density at radius 1 is 1.03 bits per heavy atom. The Kier molecular flexibility index (Phi) is 8.05. The summed E-state index contributed by atoms with van der Waals surface area (Å²) >= 11 is 2.09. The van der Waals surface area contributed by atoms with E-state index in [1.165, 1.54) is 30.3 Å². The molecule has 194 valence electrons. The van der Waals surface area contributed by atoms with Gasteiger partial charge in [0.15, 0.2) is 11.5 Å². The maximum absolute atomic E-state index is 13.2. The molecule has 4 amide bonds. The zero-order valence-corrected chi connectivity index (χ0v) is 22.6. The number of hydrogen-bond acceptors (Lipinski definition) is 7. The van der Waals surface area contributed by atoms with Gasteiger partial charge >= 0.3 is 6.03 Å². The van der Waals surface area contributed by atoms with Gasteiger partial charge in [-0.25, -0.2) is 9.69 Å². The van der Waals surface area contributed by atoms with E-state index in [0.29, 0.717) is 33.8 Å². The molecule has 11 heteroatoms. The summed E-state index contributed by atoms with van der Waals surface area (Å²) in [6.07, 6.45) is 1.36. The van der Waals surface area contributed by atoms with Crippen LogP contribution in [0.4, 0.5) is 16.2 Å². The molecule has 4 rings (SSSR count). The maximum atomic E-state index is 13.2. The number of anilines is 1. The summed E-state index contributed by atoms with van der Waals surface area (Å²) in [7, 11) is 0. The molecular weight excluding hydrogens is 605 g/mol. The average molecular weight is 627 g/mol. The smallest absolute Gasteiger partial charge is 0.335 e. The van der Waals surface area contributed by atoms with Crippen LogP contribution in [0.2, 0.25) is 0 Å². The Morgan fingerprint density at radius 3 is 2.34 bits per heavy atom. The molecule has 0 radical (unpaired) electrons. The van der Waals surface area contributed by atoms with Gasteiger partial charge in [-0.3, -0.25) is 25.0 Å². The van der Waals surface area contributed by atoms with E-state index >= 15 is 0 Å². The normalized spacial score (nSPS) is 14.4. The topological polar surface area (TPSA) is 128 Å². The number of nitro groups is 1. The molecule has 1 N–H and O–H groups in total. The fraction of sp³-hybridized carbons (Fsp3) is 0.148. The van der Waals surface area contributed by atoms with Crippen molar-refractivity contribution < 1.29 is 28.8 Å². The van der Waals surface area contributed by atoms with Crippen molar-refractivity contribution in [1.82, 2.24) is 5.32 Å². The minimum absolute atomic E-state index is 0.0842. The van der Waals surface area contributed by atoms with Gasteiger partial charge in [-0.15, -0.1) is 0 Å². The van der Waals surface area contributed by atoms with Crippen LogP contribution in [0.5, 0.6) is 11.5 Å². The molecule has 3 aromatic carbocycles. The van der Waals surface area contributed by atoms with Crippen molar-refractivity contribution in [2.45, 2.75) is 20.5 Å². The predicted molar refractivity (Wildman–Crippen MR) is 148 cm³/mol. The fourth-order valence-corrected chi connectivity index (χ4v) is 4.48. The highest BCUT2D eigenvalue weighted by molar-refractivity contribution is 14.1. The first kappa shape index (κ1) is 26.8. The van der Waals surface area contributed by atoms with Crippen LogP contribution >= 0.6 is 22.6 Å². The van der Waals surface area contributed by atoms with Gasteiger partial charge in [-0.1, -0.05) is 29.8 Å². The monoisotopic (exact) mass is 627 g/mol. The van der Waals surface area contributed by atoms with Gasteiger partial charge < -0.3 is 9.47 Å². The SMILES string of the molecule is CCOc1cc(/C=C2\C(=O)NC(=O)N(c3ccc([N+](=O)[O-])cc3)C2=O)cc(I)c1OCc1ccc(C)cc1. The highest BCUT2D eigenvalue weighted by atomic mass is 127. The van der Waals surface area contributed by atoms with E-state index in [9.17, 15) is 24.5 Å². The van der Waals surface area contributed by atoms with E-state index in [0.717, 1.165) is 16.0 Å². The summed E-state index contributed by atoms with van der Waals surface area (Å²) in [5.74, 6) is -0.756. The fourth-order valence-electron chi connectivity index (χ4n) is 3.70. The number of nitrogens with one attached hydrogen (secondary N) is 1. The molecule has 0 spiro atoms. The molecule has 1 fully saturated rings. The molecule has 10 nitrogen and oxygen atoms in total. The molecule has 0 unspecified atom stereocenters. The van der Waals surface area contributed by atoms with Crippen molar-refractivity contribution in [3.8, 4) is 11.5 Å². The van der Waals surface area contributed by atoms with E-state index in [2.05, 4.69) is 27.9 Å². The van der Waals surface area contributed by atoms with E-state index < -0.39 is 22.8 Å².